The molecule has 1 aromatic carbocycles. The number of nitrogens with zero attached hydrogens (tertiary/aromatic N) is 2. The molecule has 0 atom stereocenters. The topological polar surface area (TPSA) is 73.2 Å². The Labute approximate surface area is 119 Å². The third-order valence-corrected chi connectivity index (χ3v) is 3.65. The van der Waals surface area contributed by atoms with Crippen molar-refractivity contribution in [2.45, 2.75) is 19.4 Å². The molecule has 0 unspecified atom stereocenters. The van der Waals surface area contributed by atoms with Crippen LogP contribution in [0.2, 0.25) is 0 Å². The summed E-state index contributed by atoms with van der Waals surface area (Å²) < 4.78 is 0.788. The Bertz CT molecular complexity index is 604. The zero-order valence-corrected chi connectivity index (χ0v) is 12.1. The summed E-state index contributed by atoms with van der Waals surface area (Å²) in [5.74, 6) is -0.735. The molecule has 19 heavy (non-hydrogen) atoms. The van der Waals surface area contributed by atoms with Gasteiger partial charge in [-0.3, -0.25) is 14.9 Å². The fraction of sp³-hybridized carbons (Fsp3) is 0.308. The van der Waals surface area contributed by atoms with Gasteiger partial charge in [-0.15, -0.1) is 0 Å². The third-order valence-electron chi connectivity index (χ3n) is 3.16. The van der Waals surface area contributed by atoms with Crippen LogP contribution in [0.1, 0.15) is 19.4 Å². The number of hydrogen-bond acceptors (Lipinski definition) is 4. The first-order chi connectivity index (χ1) is 8.86. The van der Waals surface area contributed by atoms with E-state index in [1.807, 2.05) is 0 Å². The molecule has 1 aromatic rings. The van der Waals surface area contributed by atoms with Gasteiger partial charge in [-0.25, -0.2) is 0 Å². The van der Waals surface area contributed by atoms with Crippen molar-refractivity contribution in [1.82, 2.24) is 5.32 Å². The van der Waals surface area contributed by atoms with Crippen LogP contribution in [-0.4, -0.2) is 23.9 Å². The second kappa shape index (κ2) is 4.67. The van der Waals surface area contributed by atoms with Gasteiger partial charge in [0.15, 0.2) is 0 Å². The number of carbonyl (C=O) groups is 2. The Morgan fingerprint density at radius 2 is 2.11 bits per heavy atom. The van der Waals surface area contributed by atoms with Crippen molar-refractivity contribution in [2.24, 2.45) is 0 Å². The SMILES string of the molecule is CC1(C)C(=O)NC(=O)CN1c1cc(Br)ccc1C#N. The van der Waals surface area contributed by atoms with E-state index < -0.39 is 5.54 Å². The number of amides is 2. The lowest BCUT2D eigenvalue weighted by Gasteiger charge is -2.42. The van der Waals surface area contributed by atoms with Gasteiger partial charge in [0.2, 0.25) is 5.91 Å². The monoisotopic (exact) mass is 321 g/mol. The van der Waals surface area contributed by atoms with Crippen LogP contribution >= 0.6 is 15.9 Å². The molecule has 0 aliphatic carbocycles. The van der Waals surface area contributed by atoms with E-state index in [4.69, 9.17) is 5.26 Å². The normalized spacial score (nSPS) is 17.9. The summed E-state index contributed by atoms with van der Waals surface area (Å²) in [4.78, 5) is 25.1. The number of benzene rings is 1. The average molecular weight is 322 g/mol. The first kappa shape index (κ1) is 13.6. The summed E-state index contributed by atoms with van der Waals surface area (Å²) in [7, 11) is 0. The van der Waals surface area contributed by atoms with Crippen molar-refractivity contribution in [3.8, 4) is 6.07 Å². The molecule has 1 fully saturated rings. The Morgan fingerprint density at radius 3 is 2.74 bits per heavy atom. The summed E-state index contributed by atoms with van der Waals surface area (Å²) >= 11 is 3.34. The van der Waals surface area contributed by atoms with E-state index in [2.05, 4.69) is 27.3 Å². The number of halogens is 1. The molecule has 1 saturated heterocycles. The van der Waals surface area contributed by atoms with E-state index in [0.29, 0.717) is 11.3 Å². The summed E-state index contributed by atoms with van der Waals surface area (Å²) in [5, 5.41) is 11.5. The van der Waals surface area contributed by atoms with Crippen LogP contribution in [0.3, 0.4) is 0 Å². The average Bonchev–Trinajstić information content (AvgIpc) is 2.34. The molecular weight excluding hydrogens is 310 g/mol. The number of anilines is 1. The Kier molecular flexibility index (Phi) is 3.33. The predicted molar refractivity (Wildman–Crippen MR) is 73.4 cm³/mol. The van der Waals surface area contributed by atoms with E-state index in [1.165, 1.54) is 0 Å². The van der Waals surface area contributed by atoms with Crippen molar-refractivity contribution in [2.75, 3.05) is 11.4 Å². The standard InChI is InChI=1S/C13H12BrN3O2/c1-13(2)12(19)16-11(18)7-17(13)10-5-9(14)4-3-8(10)6-15/h3-5H,7H2,1-2H3,(H,16,18,19). The van der Waals surface area contributed by atoms with Crippen LogP contribution in [0.15, 0.2) is 22.7 Å². The lowest BCUT2D eigenvalue weighted by Crippen LogP contribution is -2.64. The number of nitrogens with one attached hydrogen (secondary N) is 1. The molecule has 5 nitrogen and oxygen atoms in total. The van der Waals surface area contributed by atoms with E-state index in [-0.39, 0.29) is 18.4 Å². The second-order valence-corrected chi connectivity index (χ2v) is 5.71. The van der Waals surface area contributed by atoms with E-state index in [9.17, 15) is 9.59 Å². The van der Waals surface area contributed by atoms with Crippen LogP contribution < -0.4 is 10.2 Å². The molecule has 6 heteroatoms. The minimum atomic E-state index is -0.889. The number of imide groups is 1. The summed E-state index contributed by atoms with van der Waals surface area (Å²) in [6.45, 7) is 3.48. The molecule has 2 rings (SSSR count). The highest BCUT2D eigenvalue weighted by atomic mass is 79.9. The van der Waals surface area contributed by atoms with Gasteiger partial charge >= 0.3 is 0 Å². The highest BCUT2D eigenvalue weighted by molar-refractivity contribution is 9.10. The highest BCUT2D eigenvalue weighted by Gasteiger charge is 2.41. The molecule has 1 aliphatic heterocycles. The van der Waals surface area contributed by atoms with E-state index >= 15 is 0 Å². The maximum atomic E-state index is 11.9. The summed E-state index contributed by atoms with van der Waals surface area (Å²) in [6, 6.07) is 7.23. The molecule has 0 aromatic heterocycles. The maximum absolute atomic E-state index is 11.9. The zero-order chi connectivity index (χ0) is 14.2. The lowest BCUT2D eigenvalue weighted by atomic mass is 9.96. The van der Waals surface area contributed by atoms with Crippen molar-refractivity contribution >= 4 is 33.4 Å². The maximum Gasteiger partial charge on any atom is 0.251 e. The van der Waals surface area contributed by atoms with E-state index in [1.54, 1.807) is 36.9 Å². The number of piperazine rings is 1. The quantitative estimate of drug-likeness (QED) is 0.797. The van der Waals surface area contributed by atoms with Crippen LogP contribution in [0.25, 0.3) is 0 Å². The van der Waals surface area contributed by atoms with Gasteiger partial charge < -0.3 is 4.90 Å². The molecule has 0 bridgehead atoms. The zero-order valence-electron chi connectivity index (χ0n) is 10.5. The van der Waals surface area contributed by atoms with Crippen molar-refractivity contribution in [3.63, 3.8) is 0 Å². The first-order valence-electron chi connectivity index (χ1n) is 5.68. The Balaban J connectivity index is 2.56. The number of nitriles is 1. The van der Waals surface area contributed by atoms with Crippen molar-refractivity contribution < 1.29 is 9.59 Å². The largest absolute Gasteiger partial charge is 0.347 e. The number of hydrogen-bond donors (Lipinski definition) is 1. The minimum Gasteiger partial charge on any atom is -0.347 e. The first-order valence-corrected chi connectivity index (χ1v) is 6.47. The molecule has 1 heterocycles. The Morgan fingerprint density at radius 1 is 1.42 bits per heavy atom. The highest BCUT2D eigenvalue weighted by Crippen LogP contribution is 2.31. The fourth-order valence-corrected chi connectivity index (χ4v) is 2.34. The molecule has 98 valence electrons. The molecule has 1 aliphatic rings. The van der Waals surface area contributed by atoms with E-state index in [0.717, 1.165) is 4.47 Å². The summed E-state index contributed by atoms with van der Waals surface area (Å²) in [6.07, 6.45) is 0. The molecule has 2 amide bonds. The molecular formula is C13H12BrN3O2. The summed E-state index contributed by atoms with van der Waals surface area (Å²) in [5.41, 5.74) is 0.115. The van der Waals surface area contributed by atoms with Gasteiger partial charge in [-0.05, 0) is 32.0 Å². The van der Waals surface area contributed by atoms with Gasteiger partial charge in [-0.2, -0.15) is 5.26 Å². The molecule has 0 saturated carbocycles. The van der Waals surface area contributed by atoms with Crippen molar-refractivity contribution in [1.29, 1.82) is 5.26 Å². The second-order valence-electron chi connectivity index (χ2n) is 4.80. The fourth-order valence-electron chi connectivity index (χ4n) is 1.99. The Hall–Kier alpha value is -1.87. The van der Waals surface area contributed by atoms with Crippen LogP contribution in [0.5, 0.6) is 0 Å². The van der Waals surface area contributed by atoms with Crippen LogP contribution in [-0.2, 0) is 9.59 Å². The van der Waals surface area contributed by atoms with Gasteiger partial charge in [0, 0.05) is 4.47 Å². The molecule has 1 N–H and O–H groups in total. The smallest absolute Gasteiger partial charge is 0.251 e. The molecule has 0 radical (unpaired) electrons. The van der Waals surface area contributed by atoms with Gasteiger partial charge in [0.25, 0.3) is 5.91 Å². The predicted octanol–water partition coefficient (Wildman–Crippen LogP) is 1.56. The van der Waals surface area contributed by atoms with Crippen LogP contribution in [0.4, 0.5) is 5.69 Å². The molecule has 0 spiro atoms. The lowest BCUT2D eigenvalue weighted by molar-refractivity contribution is -0.135. The van der Waals surface area contributed by atoms with Crippen LogP contribution in [0, 0.1) is 11.3 Å². The van der Waals surface area contributed by atoms with Crippen molar-refractivity contribution in [3.05, 3.63) is 28.2 Å². The number of carbonyl (C=O) groups excluding carboxylic acids is 2. The third kappa shape index (κ3) is 2.34. The number of rotatable bonds is 1. The van der Waals surface area contributed by atoms with Gasteiger partial charge in [0.05, 0.1) is 17.8 Å². The van der Waals surface area contributed by atoms with Gasteiger partial charge in [0.1, 0.15) is 11.6 Å². The van der Waals surface area contributed by atoms with Gasteiger partial charge in [-0.1, -0.05) is 15.9 Å². The minimum absolute atomic E-state index is 0.0455.